The first-order chi connectivity index (χ1) is 6.81. The van der Waals surface area contributed by atoms with E-state index in [0.717, 1.165) is 0 Å². The lowest BCUT2D eigenvalue weighted by Gasteiger charge is -1.96. The first-order valence-electron chi connectivity index (χ1n) is 4.20. The molecule has 0 aliphatic rings. The van der Waals surface area contributed by atoms with Gasteiger partial charge in [-0.1, -0.05) is 43.0 Å². The largest absolute Gasteiger partial charge is 0.364 e. The van der Waals surface area contributed by atoms with Gasteiger partial charge >= 0.3 is 0 Å². The molecule has 0 saturated carbocycles. The molecule has 1 aromatic carbocycles. The molecule has 0 unspecified atom stereocenters. The maximum absolute atomic E-state index is 10.3. The molecular formula is C11H15NO2. The Balaban J connectivity index is 0.000000249. The quantitative estimate of drug-likeness (QED) is 0.584. The fourth-order valence-electron chi connectivity index (χ4n) is 0.600. The Morgan fingerprint density at radius 3 is 2.00 bits per heavy atom. The maximum Gasteiger partial charge on any atom is 0.245 e. The highest BCUT2D eigenvalue weighted by atomic mass is 16.5. The van der Waals surface area contributed by atoms with Crippen molar-refractivity contribution < 1.29 is 9.53 Å². The molecule has 0 fully saturated rings. The van der Waals surface area contributed by atoms with Gasteiger partial charge in [0.15, 0.2) is 0 Å². The standard InChI is InChI=1S/C6H6.C5H9NO2/c1-2-4-6-5-3-1;1-3-5(7)6-4-8-2/h1-6H;3H,1,4H2,2H3,(H,6,7). The maximum atomic E-state index is 10.3. The predicted octanol–water partition coefficient (Wildman–Crippen LogP) is 1.58. The van der Waals surface area contributed by atoms with Crippen LogP contribution in [0.25, 0.3) is 0 Å². The molecule has 1 aromatic rings. The third-order valence-corrected chi connectivity index (χ3v) is 1.24. The zero-order valence-electron chi connectivity index (χ0n) is 8.27. The number of carbonyl (C=O) groups excluding carboxylic acids is 1. The van der Waals surface area contributed by atoms with Crippen LogP contribution in [0.4, 0.5) is 0 Å². The van der Waals surface area contributed by atoms with E-state index in [1.807, 2.05) is 36.4 Å². The van der Waals surface area contributed by atoms with Crippen molar-refractivity contribution in [3.8, 4) is 0 Å². The number of nitrogens with one attached hydrogen (secondary N) is 1. The van der Waals surface area contributed by atoms with Crippen LogP contribution in [0, 0.1) is 0 Å². The molecule has 0 aliphatic heterocycles. The molecular weight excluding hydrogens is 178 g/mol. The van der Waals surface area contributed by atoms with Crippen molar-refractivity contribution in [2.45, 2.75) is 0 Å². The first-order valence-corrected chi connectivity index (χ1v) is 4.20. The normalized spacial score (nSPS) is 8.07. The highest BCUT2D eigenvalue weighted by Gasteiger charge is 1.86. The predicted molar refractivity (Wildman–Crippen MR) is 56.7 cm³/mol. The summed E-state index contributed by atoms with van der Waals surface area (Å²) < 4.78 is 4.53. The van der Waals surface area contributed by atoms with Gasteiger partial charge in [-0.25, -0.2) is 0 Å². The molecule has 0 spiro atoms. The molecule has 0 radical (unpaired) electrons. The number of amides is 1. The first kappa shape index (κ1) is 12.4. The van der Waals surface area contributed by atoms with Crippen LogP contribution in [-0.4, -0.2) is 19.7 Å². The number of ether oxygens (including phenoxy) is 1. The van der Waals surface area contributed by atoms with Gasteiger partial charge in [-0.05, 0) is 6.08 Å². The summed E-state index contributed by atoms with van der Waals surface area (Å²) in [6.45, 7) is 3.49. The molecule has 3 heteroatoms. The van der Waals surface area contributed by atoms with Crippen LogP contribution in [0.1, 0.15) is 0 Å². The molecule has 0 aromatic heterocycles. The van der Waals surface area contributed by atoms with Crippen LogP contribution < -0.4 is 5.32 Å². The molecule has 3 nitrogen and oxygen atoms in total. The van der Waals surface area contributed by atoms with E-state index in [2.05, 4.69) is 16.6 Å². The van der Waals surface area contributed by atoms with E-state index in [1.54, 1.807) is 0 Å². The summed E-state index contributed by atoms with van der Waals surface area (Å²) in [6, 6.07) is 12.0. The summed E-state index contributed by atoms with van der Waals surface area (Å²) in [4.78, 5) is 10.3. The molecule has 0 aliphatic carbocycles. The van der Waals surface area contributed by atoms with Crippen molar-refractivity contribution in [1.29, 1.82) is 0 Å². The Bertz CT molecular complexity index is 220. The number of rotatable bonds is 3. The lowest BCUT2D eigenvalue weighted by Crippen LogP contribution is -2.22. The number of hydrogen-bond donors (Lipinski definition) is 1. The molecule has 1 rings (SSSR count). The van der Waals surface area contributed by atoms with Gasteiger partial charge in [0, 0.05) is 7.11 Å². The van der Waals surface area contributed by atoms with Crippen LogP contribution in [0.15, 0.2) is 49.1 Å². The summed E-state index contributed by atoms with van der Waals surface area (Å²) >= 11 is 0. The number of carbonyl (C=O) groups is 1. The average molecular weight is 193 g/mol. The second kappa shape index (κ2) is 9.48. The minimum absolute atomic E-state index is 0.216. The van der Waals surface area contributed by atoms with E-state index in [1.165, 1.54) is 13.2 Å². The molecule has 1 amide bonds. The van der Waals surface area contributed by atoms with E-state index < -0.39 is 0 Å². The molecule has 0 heterocycles. The SMILES string of the molecule is C=CC(=O)NCOC.c1ccccc1. The van der Waals surface area contributed by atoms with Crippen molar-refractivity contribution in [1.82, 2.24) is 5.32 Å². The fraction of sp³-hybridized carbons (Fsp3) is 0.182. The average Bonchev–Trinajstić information content (AvgIpc) is 2.29. The number of methoxy groups -OCH3 is 1. The second-order valence-corrected chi connectivity index (χ2v) is 2.33. The van der Waals surface area contributed by atoms with Gasteiger partial charge in [0.25, 0.3) is 0 Å². The lowest BCUT2D eigenvalue weighted by molar-refractivity contribution is -0.117. The zero-order chi connectivity index (χ0) is 10.6. The van der Waals surface area contributed by atoms with E-state index in [4.69, 9.17) is 0 Å². The topological polar surface area (TPSA) is 38.3 Å². The minimum atomic E-state index is -0.216. The molecule has 0 bridgehead atoms. The van der Waals surface area contributed by atoms with E-state index in [9.17, 15) is 4.79 Å². The van der Waals surface area contributed by atoms with Crippen molar-refractivity contribution >= 4 is 5.91 Å². The molecule has 0 saturated heterocycles. The Labute approximate surface area is 84.4 Å². The smallest absolute Gasteiger partial charge is 0.245 e. The number of hydrogen-bond acceptors (Lipinski definition) is 2. The van der Waals surface area contributed by atoms with Crippen LogP contribution in [0.3, 0.4) is 0 Å². The van der Waals surface area contributed by atoms with Crippen molar-refractivity contribution in [3.63, 3.8) is 0 Å². The third-order valence-electron chi connectivity index (χ3n) is 1.24. The van der Waals surface area contributed by atoms with Gasteiger partial charge in [0.1, 0.15) is 6.73 Å². The van der Waals surface area contributed by atoms with Gasteiger partial charge in [0.2, 0.25) is 5.91 Å². The van der Waals surface area contributed by atoms with E-state index in [0.29, 0.717) is 0 Å². The van der Waals surface area contributed by atoms with Crippen LogP contribution in [0.5, 0.6) is 0 Å². The Kier molecular flexibility index (Phi) is 8.39. The van der Waals surface area contributed by atoms with Crippen LogP contribution >= 0.6 is 0 Å². The lowest BCUT2D eigenvalue weighted by atomic mass is 10.4. The highest BCUT2D eigenvalue weighted by Crippen LogP contribution is 1.79. The molecule has 0 atom stereocenters. The number of benzene rings is 1. The van der Waals surface area contributed by atoms with Crippen molar-refractivity contribution in [2.24, 2.45) is 0 Å². The van der Waals surface area contributed by atoms with Crippen molar-refractivity contribution in [2.75, 3.05) is 13.8 Å². The fourth-order valence-corrected chi connectivity index (χ4v) is 0.600. The Morgan fingerprint density at radius 2 is 1.71 bits per heavy atom. The van der Waals surface area contributed by atoms with Crippen LogP contribution in [0.2, 0.25) is 0 Å². The molecule has 76 valence electrons. The van der Waals surface area contributed by atoms with Gasteiger partial charge < -0.3 is 10.1 Å². The minimum Gasteiger partial charge on any atom is -0.364 e. The van der Waals surface area contributed by atoms with Gasteiger partial charge in [-0.15, -0.1) is 0 Å². The summed E-state index contributed by atoms with van der Waals surface area (Å²) in [5, 5.41) is 2.40. The summed E-state index contributed by atoms with van der Waals surface area (Å²) in [6.07, 6.45) is 1.19. The zero-order valence-corrected chi connectivity index (χ0v) is 8.27. The Hall–Kier alpha value is -1.61. The summed E-state index contributed by atoms with van der Waals surface area (Å²) in [7, 11) is 1.50. The summed E-state index contributed by atoms with van der Waals surface area (Å²) in [5.41, 5.74) is 0. The molecule has 14 heavy (non-hydrogen) atoms. The Morgan fingerprint density at radius 1 is 1.29 bits per heavy atom. The van der Waals surface area contributed by atoms with E-state index in [-0.39, 0.29) is 12.6 Å². The second-order valence-electron chi connectivity index (χ2n) is 2.33. The molecule has 1 N–H and O–H groups in total. The highest BCUT2D eigenvalue weighted by molar-refractivity contribution is 5.86. The van der Waals surface area contributed by atoms with Crippen LogP contribution in [-0.2, 0) is 9.53 Å². The third kappa shape index (κ3) is 8.49. The summed E-state index contributed by atoms with van der Waals surface area (Å²) in [5.74, 6) is -0.216. The van der Waals surface area contributed by atoms with Gasteiger partial charge in [-0.2, -0.15) is 0 Å². The van der Waals surface area contributed by atoms with Crippen molar-refractivity contribution in [3.05, 3.63) is 49.1 Å². The van der Waals surface area contributed by atoms with Gasteiger partial charge in [0.05, 0.1) is 0 Å². The van der Waals surface area contributed by atoms with E-state index >= 15 is 0 Å². The van der Waals surface area contributed by atoms with Gasteiger partial charge in [-0.3, -0.25) is 4.79 Å². The monoisotopic (exact) mass is 193 g/mol.